The zero-order valence-electron chi connectivity index (χ0n) is 12.3. The first kappa shape index (κ1) is 15.1. The molecule has 21 heavy (non-hydrogen) atoms. The van der Waals surface area contributed by atoms with Crippen molar-refractivity contribution in [3.63, 3.8) is 0 Å². The van der Waals surface area contributed by atoms with Crippen LogP contribution in [-0.4, -0.2) is 28.8 Å². The molecule has 0 saturated carbocycles. The Hall–Kier alpha value is -2.34. The van der Waals surface area contributed by atoms with E-state index in [9.17, 15) is 4.79 Å². The number of benzene rings is 1. The van der Waals surface area contributed by atoms with Gasteiger partial charge in [0.15, 0.2) is 0 Å². The second-order valence-corrected chi connectivity index (χ2v) is 4.60. The molecule has 2 rings (SSSR count). The summed E-state index contributed by atoms with van der Waals surface area (Å²) in [6, 6.07) is 7.29. The van der Waals surface area contributed by atoms with Crippen LogP contribution in [-0.2, 0) is 13.5 Å². The molecule has 0 bridgehead atoms. The van der Waals surface area contributed by atoms with Crippen LogP contribution < -0.4 is 15.8 Å². The summed E-state index contributed by atoms with van der Waals surface area (Å²) in [4.78, 5) is 12.4. The molecule has 1 heterocycles. The lowest BCUT2D eigenvalue weighted by molar-refractivity contribution is 0.102. The Kier molecular flexibility index (Phi) is 4.94. The summed E-state index contributed by atoms with van der Waals surface area (Å²) in [5, 5.41) is 7.14. The van der Waals surface area contributed by atoms with Gasteiger partial charge < -0.3 is 15.8 Å². The van der Waals surface area contributed by atoms with Crippen LogP contribution in [0.3, 0.4) is 0 Å². The van der Waals surface area contributed by atoms with Crippen molar-refractivity contribution in [1.29, 1.82) is 0 Å². The van der Waals surface area contributed by atoms with Crippen LogP contribution in [0.5, 0.6) is 5.75 Å². The normalized spacial score (nSPS) is 10.4. The molecule has 0 aliphatic rings. The van der Waals surface area contributed by atoms with Gasteiger partial charge in [-0.3, -0.25) is 9.48 Å². The van der Waals surface area contributed by atoms with E-state index in [1.807, 2.05) is 19.1 Å². The highest BCUT2D eigenvalue weighted by molar-refractivity contribution is 6.05. The van der Waals surface area contributed by atoms with Gasteiger partial charge in [0.1, 0.15) is 12.4 Å². The predicted octanol–water partition coefficient (Wildman–Crippen LogP) is 1.57. The van der Waals surface area contributed by atoms with Gasteiger partial charge in [0.25, 0.3) is 5.91 Å². The Morgan fingerprint density at radius 2 is 2.19 bits per heavy atom. The topological polar surface area (TPSA) is 82.2 Å². The number of nitrogens with two attached hydrogens (primary N) is 1. The third-order valence-corrected chi connectivity index (χ3v) is 3.00. The van der Waals surface area contributed by atoms with Gasteiger partial charge in [-0.05, 0) is 18.6 Å². The number of aryl methyl sites for hydroxylation is 2. The molecule has 0 atom stereocenters. The first-order chi connectivity index (χ1) is 10.2. The van der Waals surface area contributed by atoms with Crippen molar-refractivity contribution >= 4 is 11.6 Å². The molecule has 112 valence electrons. The molecule has 1 amide bonds. The average molecular weight is 288 g/mol. The van der Waals surface area contributed by atoms with Crippen LogP contribution >= 0.6 is 0 Å². The van der Waals surface area contributed by atoms with E-state index >= 15 is 0 Å². The Balaban J connectivity index is 2.19. The first-order valence-electron chi connectivity index (χ1n) is 6.91. The molecular weight excluding hydrogens is 268 g/mol. The van der Waals surface area contributed by atoms with E-state index in [2.05, 4.69) is 10.4 Å². The number of aromatic nitrogens is 2. The van der Waals surface area contributed by atoms with E-state index in [1.165, 1.54) is 0 Å². The third kappa shape index (κ3) is 3.61. The number of hydrogen-bond donors (Lipinski definition) is 2. The maximum absolute atomic E-state index is 12.4. The Labute approximate surface area is 123 Å². The lowest BCUT2D eigenvalue weighted by Gasteiger charge is -2.11. The highest BCUT2D eigenvalue weighted by atomic mass is 16.5. The fraction of sp³-hybridized carbons (Fsp3) is 0.333. The number of para-hydroxylation sites is 2. The lowest BCUT2D eigenvalue weighted by atomic mass is 10.2. The molecule has 0 radical (unpaired) electrons. The summed E-state index contributed by atoms with van der Waals surface area (Å²) in [5.74, 6) is 0.419. The minimum Gasteiger partial charge on any atom is -0.490 e. The number of nitrogens with zero attached hydrogens (tertiary/aromatic N) is 2. The molecule has 3 N–H and O–H groups in total. The summed E-state index contributed by atoms with van der Waals surface area (Å²) < 4.78 is 7.17. The molecule has 2 aromatic rings. The van der Waals surface area contributed by atoms with E-state index in [4.69, 9.17) is 10.5 Å². The zero-order valence-corrected chi connectivity index (χ0v) is 12.3. The second-order valence-electron chi connectivity index (χ2n) is 4.60. The number of carbonyl (C=O) groups excluding carboxylic acids is 1. The van der Waals surface area contributed by atoms with Gasteiger partial charge in [-0.15, -0.1) is 0 Å². The molecule has 0 unspecified atom stereocenters. The standard InChI is InChI=1S/C15H20N4O2/c1-3-12-11(10-19(2)18-12)15(20)17-13-6-4-5-7-14(13)21-9-8-16/h4-7,10H,3,8-9,16H2,1-2H3,(H,17,20). The van der Waals surface area contributed by atoms with Gasteiger partial charge >= 0.3 is 0 Å². The summed E-state index contributed by atoms with van der Waals surface area (Å²) in [7, 11) is 1.80. The van der Waals surface area contributed by atoms with Crippen molar-refractivity contribution < 1.29 is 9.53 Å². The fourth-order valence-corrected chi connectivity index (χ4v) is 2.04. The van der Waals surface area contributed by atoms with Crippen LogP contribution in [0, 0.1) is 0 Å². The fourth-order valence-electron chi connectivity index (χ4n) is 2.04. The Bertz CT molecular complexity index is 622. The van der Waals surface area contributed by atoms with Gasteiger partial charge in [-0.2, -0.15) is 5.10 Å². The van der Waals surface area contributed by atoms with Gasteiger partial charge in [-0.25, -0.2) is 0 Å². The Morgan fingerprint density at radius 1 is 1.43 bits per heavy atom. The largest absolute Gasteiger partial charge is 0.490 e. The Morgan fingerprint density at radius 3 is 2.90 bits per heavy atom. The van der Waals surface area contributed by atoms with Crippen LogP contribution in [0.4, 0.5) is 5.69 Å². The second kappa shape index (κ2) is 6.90. The SMILES string of the molecule is CCc1nn(C)cc1C(=O)Nc1ccccc1OCCN. The summed E-state index contributed by atoms with van der Waals surface area (Å²) in [6.45, 7) is 2.79. The smallest absolute Gasteiger partial charge is 0.259 e. The molecule has 0 aliphatic carbocycles. The number of amides is 1. The number of nitrogens with one attached hydrogen (secondary N) is 1. The molecule has 6 heteroatoms. The third-order valence-electron chi connectivity index (χ3n) is 3.00. The van der Waals surface area contributed by atoms with Crippen molar-refractivity contribution in [2.45, 2.75) is 13.3 Å². The monoisotopic (exact) mass is 288 g/mol. The molecule has 1 aromatic carbocycles. The molecule has 0 fully saturated rings. The zero-order chi connectivity index (χ0) is 15.2. The highest BCUT2D eigenvalue weighted by Gasteiger charge is 2.16. The minimum atomic E-state index is -0.191. The van der Waals surface area contributed by atoms with Crippen LogP contribution in [0.1, 0.15) is 23.0 Å². The quantitative estimate of drug-likeness (QED) is 0.845. The van der Waals surface area contributed by atoms with E-state index in [-0.39, 0.29) is 5.91 Å². The maximum atomic E-state index is 12.4. The number of ether oxygens (including phenoxy) is 1. The van der Waals surface area contributed by atoms with Crippen molar-refractivity contribution in [3.8, 4) is 5.75 Å². The lowest BCUT2D eigenvalue weighted by Crippen LogP contribution is -2.15. The maximum Gasteiger partial charge on any atom is 0.259 e. The van der Waals surface area contributed by atoms with Crippen molar-refractivity contribution in [2.24, 2.45) is 12.8 Å². The minimum absolute atomic E-state index is 0.191. The van der Waals surface area contributed by atoms with E-state index < -0.39 is 0 Å². The summed E-state index contributed by atoms with van der Waals surface area (Å²) in [5.41, 5.74) is 7.41. The summed E-state index contributed by atoms with van der Waals surface area (Å²) >= 11 is 0. The number of carbonyl (C=O) groups is 1. The van der Waals surface area contributed by atoms with Gasteiger partial charge in [0.05, 0.1) is 16.9 Å². The highest BCUT2D eigenvalue weighted by Crippen LogP contribution is 2.24. The number of hydrogen-bond acceptors (Lipinski definition) is 4. The van der Waals surface area contributed by atoms with Crippen molar-refractivity contribution in [1.82, 2.24) is 9.78 Å². The molecular formula is C15H20N4O2. The van der Waals surface area contributed by atoms with E-state index in [0.29, 0.717) is 36.6 Å². The molecule has 6 nitrogen and oxygen atoms in total. The molecule has 0 spiro atoms. The van der Waals surface area contributed by atoms with Crippen molar-refractivity contribution in [2.75, 3.05) is 18.5 Å². The first-order valence-corrected chi connectivity index (χ1v) is 6.91. The van der Waals surface area contributed by atoms with E-state index in [1.54, 1.807) is 30.1 Å². The van der Waals surface area contributed by atoms with Crippen LogP contribution in [0.2, 0.25) is 0 Å². The van der Waals surface area contributed by atoms with Gasteiger partial charge in [-0.1, -0.05) is 19.1 Å². The number of rotatable bonds is 6. The number of anilines is 1. The van der Waals surface area contributed by atoms with Crippen LogP contribution in [0.25, 0.3) is 0 Å². The molecule has 1 aromatic heterocycles. The summed E-state index contributed by atoms with van der Waals surface area (Å²) in [6.07, 6.45) is 2.42. The predicted molar refractivity (Wildman–Crippen MR) is 81.5 cm³/mol. The van der Waals surface area contributed by atoms with Gasteiger partial charge in [0, 0.05) is 19.8 Å². The van der Waals surface area contributed by atoms with Gasteiger partial charge in [0.2, 0.25) is 0 Å². The van der Waals surface area contributed by atoms with E-state index in [0.717, 1.165) is 5.69 Å². The average Bonchev–Trinajstić information content (AvgIpc) is 2.87. The van der Waals surface area contributed by atoms with Crippen LogP contribution in [0.15, 0.2) is 30.5 Å². The van der Waals surface area contributed by atoms with Crippen molar-refractivity contribution in [3.05, 3.63) is 41.7 Å². The molecule has 0 aliphatic heterocycles. The molecule has 0 saturated heterocycles.